The van der Waals surface area contributed by atoms with Crippen LogP contribution in [0, 0.1) is 0 Å². The molecule has 0 saturated heterocycles. The van der Waals surface area contributed by atoms with Crippen molar-refractivity contribution in [3.05, 3.63) is 47.5 Å². The van der Waals surface area contributed by atoms with Gasteiger partial charge in [-0.2, -0.15) is 0 Å². The van der Waals surface area contributed by atoms with Gasteiger partial charge in [0.1, 0.15) is 5.75 Å². The molecule has 17 heavy (non-hydrogen) atoms. The molecule has 2 nitrogen and oxygen atoms in total. The van der Waals surface area contributed by atoms with Gasteiger partial charge >= 0.3 is 0 Å². The highest BCUT2D eigenvalue weighted by molar-refractivity contribution is 5.90. The van der Waals surface area contributed by atoms with E-state index >= 15 is 0 Å². The van der Waals surface area contributed by atoms with Crippen LogP contribution in [0.4, 0.5) is 5.69 Å². The van der Waals surface area contributed by atoms with E-state index in [-0.39, 0.29) is 11.2 Å². The first-order valence-electron chi connectivity index (χ1n) is 5.75. The zero-order valence-electron chi connectivity index (χ0n) is 9.99. The number of rotatable bonds is 0. The predicted octanol–water partition coefficient (Wildman–Crippen LogP) is 3.28. The zero-order valence-corrected chi connectivity index (χ0v) is 9.99. The second-order valence-corrected chi connectivity index (χ2v) is 5.09. The summed E-state index contributed by atoms with van der Waals surface area (Å²) < 4.78 is 0. The van der Waals surface area contributed by atoms with E-state index in [4.69, 9.17) is 5.73 Å². The highest BCUT2D eigenvalue weighted by Crippen LogP contribution is 2.52. The summed E-state index contributed by atoms with van der Waals surface area (Å²) in [6.45, 7) is 4.38. The Morgan fingerprint density at radius 1 is 1.00 bits per heavy atom. The molecule has 0 fully saturated rings. The first kappa shape index (κ1) is 10.2. The molecule has 0 aliphatic heterocycles. The van der Waals surface area contributed by atoms with Gasteiger partial charge < -0.3 is 10.8 Å². The standard InChI is InChI=1S/C15H15NO/c1-15(2)10-6-4-3-5-9(10)13-11(15)7-8-12(17)14(13)16/h3-8,17H,16H2,1-2H3. The molecule has 0 unspecified atom stereocenters. The molecule has 86 valence electrons. The highest BCUT2D eigenvalue weighted by atomic mass is 16.3. The molecule has 0 bridgehead atoms. The predicted molar refractivity (Wildman–Crippen MR) is 70.1 cm³/mol. The van der Waals surface area contributed by atoms with Crippen molar-refractivity contribution in [1.29, 1.82) is 0 Å². The van der Waals surface area contributed by atoms with Crippen molar-refractivity contribution < 1.29 is 5.11 Å². The van der Waals surface area contributed by atoms with Crippen LogP contribution < -0.4 is 5.73 Å². The SMILES string of the molecule is CC1(C)c2ccccc2-c2c1ccc(O)c2N. The number of nitrogens with two attached hydrogens (primary N) is 1. The monoisotopic (exact) mass is 225 g/mol. The Hall–Kier alpha value is -1.96. The number of fused-ring (bicyclic) bond motifs is 3. The first-order valence-corrected chi connectivity index (χ1v) is 5.75. The number of nitrogen functional groups attached to an aromatic ring is 1. The number of phenolic OH excluding ortho intramolecular Hbond substituents is 1. The summed E-state index contributed by atoms with van der Waals surface area (Å²) in [5.74, 6) is 0.163. The largest absolute Gasteiger partial charge is 0.506 e. The molecule has 1 aliphatic rings. The minimum atomic E-state index is -0.0479. The van der Waals surface area contributed by atoms with Crippen LogP contribution in [0.1, 0.15) is 25.0 Å². The molecule has 1 aliphatic carbocycles. The molecule has 2 heteroatoms. The number of hydrogen-bond donors (Lipinski definition) is 2. The van der Waals surface area contributed by atoms with E-state index in [9.17, 15) is 5.11 Å². The summed E-state index contributed by atoms with van der Waals surface area (Å²) in [6, 6.07) is 11.9. The van der Waals surface area contributed by atoms with Crippen molar-refractivity contribution in [2.24, 2.45) is 0 Å². The van der Waals surface area contributed by atoms with E-state index in [1.165, 1.54) is 11.1 Å². The lowest BCUT2D eigenvalue weighted by Gasteiger charge is -2.21. The lowest BCUT2D eigenvalue weighted by molar-refractivity contribution is 0.478. The molecule has 2 aromatic rings. The Kier molecular flexibility index (Phi) is 1.82. The Morgan fingerprint density at radius 3 is 2.47 bits per heavy atom. The number of anilines is 1. The third-order valence-electron chi connectivity index (χ3n) is 3.77. The van der Waals surface area contributed by atoms with Crippen LogP contribution in [0.2, 0.25) is 0 Å². The van der Waals surface area contributed by atoms with Gasteiger partial charge in [-0.25, -0.2) is 0 Å². The summed E-state index contributed by atoms with van der Waals surface area (Å²) in [6.07, 6.45) is 0. The van der Waals surface area contributed by atoms with Crippen LogP contribution in [-0.2, 0) is 5.41 Å². The van der Waals surface area contributed by atoms with Crippen LogP contribution in [-0.4, -0.2) is 5.11 Å². The maximum Gasteiger partial charge on any atom is 0.139 e. The van der Waals surface area contributed by atoms with Crippen molar-refractivity contribution in [2.75, 3.05) is 5.73 Å². The maximum atomic E-state index is 9.75. The van der Waals surface area contributed by atoms with Crippen LogP contribution in [0.15, 0.2) is 36.4 Å². The van der Waals surface area contributed by atoms with E-state index in [0.29, 0.717) is 5.69 Å². The van der Waals surface area contributed by atoms with Gasteiger partial charge in [-0.05, 0) is 22.8 Å². The van der Waals surface area contributed by atoms with Crippen LogP contribution >= 0.6 is 0 Å². The van der Waals surface area contributed by atoms with E-state index in [2.05, 4.69) is 26.0 Å². The van der Waals surface area contributed by atoms with Gasteiger partial charge in [0.15, 0.2) is 0 Å². The molecule has 0 saturated carbocycles. The Morgan fingerprint density at radius 2 is 1.71 bits per heavy atom. The first-order chi connectivity index (χ1) is 8.03. The lowest BCUT2D eigenvalue weighted by atomic mass is 9.82. The van der Waals surface area contributed by atoms with Gasteiger partial charge in [0.2, 0.25) is 0 Å². The fourth-order valence-electron chi connectivity index (χ4n) is 2.81. The smallest absolute Gasteiger partial charge is 0.139 e. The molecule has 0 heterocycles. The average Bonchev–Trinajstić information content (AvgIpc) is 2.54. The van der Waals surface area contributed by atoms with Crippen molar-refractivity contribution in [3.63, 3.8) is 0 Å². The Balaban J connectivity index is 2.46. The van der Waals surface area contributed by atoms with Gasteiger partial charge in [-0.1, -0.05) is 44.2 Å². The second-order valence-electron chi connectivity index (χ2n) is 5.09. The van der Waals surface area contributed by atoms with E-state index in [0.717, 1.165) is 11.1 Å². The molecule has 0 spiro atoms. The third kappa shape index (κ3) is 1.15. The summed E-state index contributed by atoms with van der Waals surface area (Å²) in [5.41, 5.74) is 11.0. The molecular formula is C15H15NO. The third-order valence-corrected chi connectivity index (χ3v) is 3.77. The van der Waals surface area contributed by atoms with Crippen molar-refractivity contribution >= 4 is 5.69 Å². The fraction of sp³-hybridized carbons (Fsp3) is 0.200. The number of benzene rings is 2. The molecule has 0 radical (unpaired) electrons. The van der Waals surface area contributed by atoms with Crippen molar-refractivity contribution in [1.82, 2.24) is 0 Å². The second kappa shape index (κ2) is 3.04. The summed E-state index contributed by atoms with van der Waals surface area (Å²) >= 11 is 0. The zero-order chi connectivity index (χ0) is 12.2. The Bertz CT molecular complexity index is 614. The maximum absolute atomic E-state index is 9.75. The molecule has 2 aromatic carbocycles. The van der Waals surface area contributed by atoms with E-state index in [1.54, 1.807) is 6.07 Å². The van der Waals surface area contributed by atoms with Gasteiger partial charge in [0.25, 0.3) is 0 Å². The summed E-state index contributed by atoms with van der Waals surface area (Å²) in [7, 11) is 0. The van der Waals surface area contributed by atoms with Crippen LogP contribution in [0.5, 0.6) is 5.75 Å². The molecular weight excluding hydrogens is 210 g/mol. The highest BCUT2D eigenvalue weighted by Gasteiger charge is 2.36. The summed E-state index contributed by atoms with van der Waals surface area (Å²) in [5, 5.41) is 9.75. The minimum absolute atomic E-state index is 0.0479. The van der Waals surface area contributed by atoms with Gasteiger partial charge in [0, 0.05) is 11.0 Å². The lowest BCUT2D eigenvalue weighted by Crippen LogP contribution is -2.14. The normalized spacial score (nSPS) is 15.4. The average molecular weight is 225 g/mol. The van der Waals surface area contributed by atoms with E-state index in [1.807, 2.05) is 18.2 Å². The number of hydrogen-bond acceptors (Lipinski definition) is 2. The number of phenols is 1. The van der Waals surface area contributed by atoms with Gasteiger partial charge in [-0.15, -0.1) is 0 Å². The van der Waals surface area contributed by atoms with Gasteiger partial charge in [-0.3, -0.25) is 0 Å². The minimum Gasteiger partial charge on any atom is -0.506 e. The fourth-order valence-corrected chi connectivity index (χ4v) is 2.81. The van der Waals surface area contributed by atoms with Gasteiger partial charge in [0.05, 0.1) is 5.69 Å². The van der Waals surface area contributed by atoms with Crippen molar-refractivity contribution in [3.8, 4) is 16.9 Å². The topological polar surface area (TPSA) is 46.2 Å². The molecule has 0 atom stereocenters. The molecule has 3 rings (SSSR count). The molecule has 3 N–H and O–H groups in total. The quantitative estimate of drug-likeness (QED) is 0.534. The Labute approximate surface area is 101 Å². The number of aromatic hydroxyl groups is 1. The van der Waals surface area contributed by atoms with E-state index < -0.39 is 0 Å². The molecule has 0 aromatic heterocycles. The van der Waals surface area contributed by atoms with Crippen LogP contribution in [0.3, 0.4) is 0 Å². The summed E-state index contributed by atoms with van der Waals surface area (Å²) in [4.78, 5) is 0. The van der Waals surface area contributed by atoms with Crippen LogP contribution in [0.25, 0.3) is 11.1 Å². The molecule has 0 amide bonds. The van der Waals surface area contributed by atoms with Crippen molar-refractivity contribution in [2.45, 2.75) is 19.3 Å².